The first-order valence-corrected chi connectivity index (χ1v) is 12.2. The predicted octanol–water partition coefficient (Wildman–Crippen LogP) is 5.75. The maximum absolute atomic E-state index is 5.97. The van der Waals surface area contributed by atoms with Crippen molar-refractivity contribution in [3.05, 3.63) is 71.4 Å². The van der Waals surface area contributed by atoms with Crippen molar-refractivity contribution in [2.75, 3.05) is 25.0 Å². The van der Waals surface area contributed by atoms with Crippen molar-refractivity contribution < 1.29 is 4.74 Å². The zero-order valence-corrected chi connectivity index (χ0v) is 19.1. The fourth-order valence-electron chi connectivity index (χ4n) is 5.19. The standard InChI is InChI=1S/C27H34N4O/c1-2-32-25-17-7-6-15-23(25)31-27-22(14-8-10-18-28-27)26(29-31)24-16-9-11-19-30(24)20-21-12-4-3-5-13-21/h3-7,12-13,15,17,24,28H,2,8-11,14,16,18-20H2,1H3. The topological polar surface area (TPSA) is 42.3 Å². The summed E-state index contributed by atoms with van der Waals surface area (Å²) in [4.78, 5) is 2.64. The van der Waals surface area contributed by atoms with E-state index in [9.17, 15) is 0 Å². The lowest BCUT2D eigenvalue weighted by molar-refractivity contribution is 0.136. The number of piperidine rings is 1. The van der Waals surface area contributed by atoms with Crippen LogP contribution in [0.25, 0.3) is 5.69 Å². The second kappa shape index (κ2) is 9.78. The molecule has 2 aromatic carbocycles. The van der Waals surface area contributed by atoms with Gasteiger partial charge in [-0.05, 0) is 63.3 Å². The minimum Gasteiger partial charge on any atom is -0.492 e. The molecule has 0 spiro atoms. The Hall–Kier alpha value is -2.79. The summed E-state index contributed by atoms with van der Waals surface area (Å²) in [6.07, 6.45) is 7.18. The number of benzene rings is 2. The summed E-state index contributed by atoms with van der Waals surface area (Å²) < 4.78 is 8.09. The lowest BCUT2D eigenvalue weighted by Gasteiger charge is -2.35. The van der Waals surface area contributed by atoms with E-state index in [-0.39, 0.29) is 0 Å². The maximum atomic E-state index is 5.97. The van der Waals surface area contributed by atoms with E-state index in [0.717, 1.165) is 43.3 Å². The Balaban J connectivity index is 1.56. The lowest BCUT2D eigenvalue weighted by atomic mass is 9.94. The zero-order valence-electron chi connectivity index (χ0n) is 19.1. The number of fused-ring (bicyclic) bond motifs is 1. The molecule has 0 aliphatic carbocycles. The van der Waals surface area contributed by atoms with Crippen LogP contribution in [0.2, 0.25) is 0 Å². The molecule has 3 heterocycles. The van der Waals surface area contributed by atoms with Crippen molar-refractivity contribution in [2.24, 2.45) is 0 Å². The highest BCUT2D eigenvalue weighted by Gasteiger charge is 2.32. The summed E-state index contributed by atoms with van der Waals surface area (Å²) in [6.45, 7) is 5.79. The first-order valence-electron chi connectivity index (χ1n) is 12.2. The highest BCUT2D eigenvalue weighted by Crippen LogP contribution is 2.39. The van der Waals surface area contributed by atoms with E-state index in [4.69, 9.17) is 9.84 Å². The molecular formula is C27H34N4O. The fourth-order valence-corrected chi connectivity index (χ4v) is 5.19. The number of anilines is 1. The van der Waals surface area contributed by atoms with Crippen LogP contribution in [-0.4, -0.2) is 34.4 Å². The normalized spacial score (nSPS) is 19.1. The summed E-state index contributed by atoms with van der Waals surface area (Å²) in [6, 6.07) is 19.5. The van der Waals surface area contributed by atoms with E-state index in [1.54, 1.807) is 0 Å². The van der Waals surface area contributed by atoms with Gasteiger partial charge in [0.1, 0.15) is 17.3 Å². The summed E-state index contributed by atoms with van der Waals surface area (Å²) in [5, 5.41) is 9.01. The van der Waals surface area contributed by atoms with Gasteiger partial charge in [0.2, 0.25) is 0 Å². The molecular weight excluding hydrogens is 396 g/mol. The van der Waals surface area contributed by atoms with E-state index in [2.05, 4.69) is 57.4 Å². The fraction of sp³-hybridized carbons (Fsp3) is 0.444. The molecule has 0 amide bonds. The van der Waals surface area contributed by atoms with Crippen molar-refractivity contribution in [3.8, 4) is 11.4 Å². The summed E-state index contributed by atoms with van der Waals surface area (Å²) in [7, 11) is 0. The van der Waals surface area contributed by atoms with Gasteiger partial charge in [0, 0.05) is 18.7 Å². The molecule has 168 valence electrons. The van der Waals surface area contributed by atoms with Crippen LogP contribution in [-0.2, 0) is 13.0 Å². The van der Waals surface area contributed by atoms with Gasteiger partial charge >= 0.3 is 0 Å². The molecule has 2 aliphatic heterocycles. The lowest BCUT2D eigenvalue weighted by Crippen LogP contribution is -2.33. The van der Waals surface area contributed by atoms with Gasteiger partial charge in [-0.3, -0.25) is 4.90 Å². The van der Waals surface area contributed by atoms with Crippen molar-refractivity contribution in [1.82, 2.24) is 14.7 Å². The molecule has 3 aromatic rings. The first kappa shape index (κ1) is 21.1. The molecule has 0 radical (unpaired) electrons. The van der Waals surface area contributed by atoms with Crippen molar-refractivity contribution in [1.29, 1.82) is 0 Å². The quantitative estimate of drug-likeness (QED) is 0.541. The number of hydrogen-bond acceptors (Lipinski definition) is 4. The third-order valence-electron chi connectivity index (χ3n) is 6.71. The van der Waals surface area contributed by atoms with E-state index in [0.29, 0.717) is 12.6 Å². The van der Waals surface area contributed by atoms with Crippen LogP contribution in [0.15, 0.2) is 54.6 Å². The molecule has 5 nitrogen and oxygen atoms in total. The average molecular weight is 431 g/mol. The smallest absolute Gasteiger partial charge is 0.145 e. The third kappa shape index (κ3) is 4.26. The molecule has 5 heteroatoms. The number of nitrogens with zero attached hydrogens (tertiary/aromatic N) is 3. The molecule has 1 atom stereocenters. The van der Waals surface area contributed by atoms with Crippen LogP contribution in [0.1, 0.15) is 61.9 Å². The highest BCUT2D eigenvalue weighted by molar-refractivity contribution is 5.58. The number of likely N-dealkylation sites (tertiary alicyclic amines) is 1. The van der Waals surface area contributed by atoms with E-state index < -0.39 is 0 Å². The number of hydrogen-bond donors (Lipinski definition) is 1. The van der Waals surface area contributed by atoms with Crippen LogP contribution in [0.4, 0.5) is 5.82 Å². The molecule has 1 N–H and O–H groups in total. The minimum absolute atomic E-state index is 0.359. The predicted molar refractivity (Wildman–Crippen MR) is 130 cm³/mol. The first-order chi connectivity index (χ1) is 15.8. The van der Waals surface area contributed by atoms with Crippen LogP contribution in [0.3, 0.4) is 0 Å². The van der Waals surface area contributed by atoms with Gasteiger partial charge in [0.05, 0.1) is 18.3 Å². The number of aromatic nitrogens is 2. The van der Waals surface area contributed by atoms with E-state index >= 15 is 0 Å². The molecule has 1 fully saturated rings. The van der Waals surface area contributed by atoms with Gasteiger partial charge in [0.15, 0.2) is 0 Å². The second-order valence-corrected chi connectivity index (χ2v) is 8.88. The Bertz CT molecular complexity index is 1030. The van der Waals surface area contributed by atoms with Gasteiger partial charge < -0.3 is 10.1 Å². The summed E-state index contributed by atoms with van der Waals surface area (Å²) >= 11 is 0. The van der Waals surface area contributed by atoms with Crippen LogP contribution >= 0.6 is 0 Å². The monoisotopic (exact) mass is 430 g/mol. The van der Waals surface area contributed by atoms with Crippen LogP contribution < -0.4 is 10.1 Å². The van der Waals surface area contributed by atoms with Gasteiger partial charge in [-0.15, -0.1) is 0 Å². The van der Waals surface area contributed by atoms with Crippen molar-refractivity contribution in [2.45, 2.75) is 58.0 Å². The molecule has 2 aliphatic rings. The Kier molecular flexibility index (Phi) is 6.44. The molecule has 1 saturated heterocycles. The zero-order chi connectivity index (χ0) is 21.8. The Morgan fingerprint density at radius 2 is 1.84 bits per heavy atom. The SMILES string of the molecule is CCOc1ccccc1-n1nc(C2CCCCN2Cc2ccccc2)c2c1NCCCC2. The largest absolute Gasteiger partial charge is 0.492 e. The molecule has 1 aromatic heterocycles. The Labute approximate surface area is 191 Å². The molecule has 1 unspecified atom stereocenters. The van der Waals surface area contributed by atoms with E-state index in [1.807, 2.05) is 19.1 Å². The summed E-state index contributed by atoms with van der Waals surface area (Å²) in [5.41, 5.74) is 5.07. The van der Waals surface area contributed by atoms with Gasteiger partial charge in [-0.25, -0.2) is 4.68 Å². The second-order valence-electron chi connectivity index (χ2n) is 8.88. The highest BCUT2D eigenvalue weighted by atomic mass is 16.5. The van der Waals surface area contributed by atoms with E-state index in [1.165, 1.54) is 48.9 Å². The van der Waals surface area contributed by atoms with Gasteiger partial charge in [0.25, 0.3) is 0 Å². The van der Waals surface area contributed by atoms with Gasteiger partial charge in [-0.1, -0.05) is 48.9 Å². The van der Waals surface area contributed by atoms with Crippen molar-refractivity contribution >= 4 is 5.82 Å². The van der Waals surface area contributed by atoms with Crippen LogP contribution in [0, 0.1) is 0 Å². The number of nitrogens with one attached hydrogen (secondary N) is 1. The number of rotatable bonds is 6. The third-order valence-corrected chi connectivity index (χ3v) is 6.71. The van der Waals surface area contributed by atoms with Crippen molar-refractivity contribution in [3.63, 3.8) is 0 Å². The number of para-hydroxylation sites is 2. The molecule has 5 rings (SSSR count). The molecule has 0 bridgehead atoms. The summed E-state index contributed by atoms with van der Waals surface area (Å²) in [5.74, 6) is 2.05. The Morgan fingerprint density at radius 3 is 2.72 bits per heavy atom. The Morgan fingerprint density at radius 1 is 1.00 bits per heavy atom. The minimum atomic E-state index is 0.359. The molecule has 0 saturated carbocycles. The van der Waals surface area contributed by atoms with Gasteiger partial charge in [-0.2, -0.15) is 5.10 Å². The number of ether oxygens (including phenoxy) is 1. The maximum Gasteiger partial charge on any atom is 0.145 e. The average Bonchev–Trinajstić information content (AvgIpc) is 3.01. The molecule has 32 heavy (non-hydrogen) atoms. The van der Waals surface area contributed by atoms with Crippen LogP contribution in [0.5, 0.6) is 5.75 Å².